The number of aliphatic carboxylic acids is 1. The molecule has 0 atom stereocenters. The van der Waals surface area contributed by atoms with E-state index < -0.39 is 17.6 Å². The number of hydrogen-bond donors (Lipinski definition) is 3. The summed E-state index contributed by atoms with van der Waals surface area (Å²) in [6, 6.07) is 20.8. The first-order chi connectivity index (χ1) is 20.3. The van der Waals surface area contributed by atoms with Gasteiger partial charge in [0.15, 0.2) is 5.71 Å². The van der Waals surface area contributed by atoms with Gasteiger partial charge >= 0.3 is 5.97 Å². The molecule has 0 unspecified atom stereocenters. The summed E-state index contributed by atoms with van der Waals surface area (Å²) in [5.41, 5.74) is 5.80. The molecule has 3 aromatic rings. The molecule has 0 spiro atoms. The van der Waals surface area contributed by atoms with E-state index in [0.717, 1.165) is 53.9 Å². The number of carbonyl (C=O) groups is 2. The van der Waals surface area contributed by atoms with E-state index in [1.165, 1.54) is 12.5 Å². The largest absolute Gasteiger partial charge is 0.477 e. The number of allylic oxidation sites excluding steroid dienone is 2. The van der Waals surface area contributed by atoms with E-state index in [1.54, 1.807) is 18.2 Å². The molecule has 0 radical (unpaired) electrons. The van der Waals surface area contributed by atoms with Crippen LogP contribution in [0.15, 0.2) is 78.4 Å². The first-order valence-electron chi connectivity index (χ1n) is 14.1. The maximum Gasteiger partial charge on any atom is 0.354 e. The number of nitrogens with one attached hydrogen (secondary N) is 2. The van der Waals surface area contributed by atoms with E-state index in [4.69, 9.17) is 10.7 Å². The minimum Gasteiger partial charge on any atom is -0.477 e. The summed E-state index contributed by atoms with van der Waals surface area (Å²) in [5.74, 6) is -2.14. The van der Waals surface area contributed by atoms with Crippen molar-refractivity contribution in [3.8, 4) is 6.07 Å². The summed E-state index contributed by atoms with van der Waals surface area (Å²) in [7, 11) is 0. The Morgan fingerprint density at radius 1 is 1.02 bits per heavy atom. The molecule has 0 aromatic heterocycles. The molecule has 7 nitrogen and oxygen atoms in total. The van der Waals surface area contributed by atoms with Crippen molar-refractivity contribution in [3.63, 3.8) is 0 Å². The minimum atomic E-state index is -1.48. The minimum absolute atomic E-state index is 0.229. The van der Waals surface area contributed by atoms with Crippen LogP contribution in [-0.2, 0) is 16.0 Å². The monoisotopic (exact) mass is 558 g/mol. The third-order valence-corrected chi connectivity index (χ3v) is 6.78. The maximum atomic E-state index is 13.2. The van der Waals surface area contributed by atoms with E-state index in [-0.39, 0.29) is 5.57 Å². The SMILES string of the molecule is CCC.N#Cc1ccc(N2CCCc3cc(/C=C(/C(=N)C(=O)O)C(=O)Nc4ccc5c(c4)C=CCC=C5)ccc32)cc1. The Bertz CT molecular complexity index is 1620. The highest BCUT2D eigenvalue weighted by atomic mass is 16.4. The molecule has 0 fully saturated rings. The number of benzene rings is 3. The van der Waals surface area contributed by atoms with Gasteiger partial charge in [-0.25, -0.2) is 4.79 Å². The van der Waals surface area contributed by atoms with Crippen molar-refractivity contribution in [1.29, 1.82) is 10.7 Å². The smallest absolute Gasteiger partial charge is 0.354 e. The zero-order valence-corrected chi connectivity index (χ0v) is 23.9. The number of carboxylic acid groups (broad SMARTS) is 1. The Hall–Kier alpha value is -5.22. The van der Waals surface area contributed by atoms with Crippen LogP contribution in [0.2, 0.25) is 0 Å². The molecule has 3 N–H and O–H groups in total. The molecular weight excluding hydrogens is 524 g/mol. The second-order valence-electron chi connectivity index (χ2n) is 10.1. The fourth-order valence-electron chi connectivity index (χ4n) is 4.84. The van der Waals surface area contributed by atoms with Crippen molar-refractivity contribution >= 4 is 52.9 Å². The molecule has 1 aliphatic carbocycles. The van der Waals surface area contributed by atoms with Gasteiger partial charge < -0.3 is 15.3 Å². The molecule has 7 heteroatoms. The van der Waals surface area contributed by atoms with Gasteiger partial charge in [-0.3, -0.25) is 10.2 Å². The van der Waals surface area contributed by atoms with Crippen molar-refractivity contribution in [3.05, 3.63) is 106 Å². The molecule has 0 bridgehead atoms. The third kappa shape index (κ3) is 7.10. The lowest BCUT2D eigenvalue weighted by atomic mass is 9.96. The Morgan fingerprint density at radius 3 is 2.43 bits per heavy atom. The highest BCUT2D eigenvalue weighted by molar-refractivity contribution is 6.50. The summed E-state index contributed by atoms with van der Waals surface area (Å²) in [6.45, 7) is 5.08. The highest BCUT2D eigenvalue weighted by Gasteiger charge is 2.23. The molecule has 3 aromatic carbocycles. The summed E-state index contributed by atoms with van der Waals surface area (Å²) in [4.78, 5) is 27.1. The lowest BCUT2D eigenvalue weighted by Crippen LogP contribution is -2.25. The lowest BCUT2D eigenvalue weighted by Gasteiger charge is -2.31. The summed E-state index contributed by atoms with van der Waals surface area (Å²) < 4.78 is 0. The normalized spacial score (nSPS) is 13.5. The van der Waals surface area contributed by atoms with Gasteiger partial charge in [0, 0.05) is 23.6 Å². The van der Waals surface area contributed by atoms with Crippen LogP contribution in [0.5, 0.6) is 0 Å². The summed E-state index contributed by atoms with van der Waals surface area (Å²) in [5, 5.41) is 29.5. The van der Waals surface area contributed by atoms with Crippen molar-refractivity contribution in [1.82, 2.24) is 0 Å². The van der Waals surface area contributed by atoms with Gasteiger partial charge in [0.1, 0.15) is 0 Å². The van der Waals surface area contributed by atoms with Crippen molar-refractivity contribution in [2.45, 2.75) is 39.5 Å². The lowest BCUT2D eigenvalue weighted by molar-refractivity contribution is -0.129. The van der Waals surface area contributed by atoms with E-state index in [1.807, 2.05) is 60.7 Å². The van der Waals surface area contributed by atoms with Gasteiger partial charge in [-0.1, -0.05) is 56.7 Å². The second kappa shape index (κ2) is 13.9. The number of hydrogen-bond acceptors (Lipinski definition) is 5. The zero-order chi connectivity index (χ0) is 30.1. The van der Waals surface area contributed by atoms with Crippen molar-refractivity contribution in [2.75, 3.05) is 16.8 Å². The predicted octanol–water partition coefficient (Wildman–Crippen LogP) is 7.62. The number of amides is 1. The topological polar surface area (TPSA) is 117 Å². The number of carbonyl (C=O) groups excluding carboxylic acids is 1. The van der Waals surface area contributed by atoms with Crippen LogP contribution in [0.1, 0.15) is 60.9 Å². The van der Waals surface area contributed by atoms with Gasteiger partial charge in [0.2, 0.25) is 0 Å². The quantitative estimate of drug-likeness (QED) is 0.213. The van der Waals surface area contributed by atoms with Crippen molar-refractivity contribution in [2.24, 2.45) is 0 Å². The molecule has 1 aliphatic heterocycles. The highest BCUT2D eigenvalue weighted by Crippen LogP contribution is 2.34. The second-order valence-corrected chi connectivity index (χ2v) is 10.1. The molecule has 1 amide bonds. The number of nitrogens with zero attached hydrogens (tertiary/aromatic N) is 2. The number of rotatable bonds is 6. The molecule has 2 aliphatic rings. The van der Waals surface area contributed by atoms with Crippen LogP contribution in [-0.4, -0.2) is 29.2 Å². The Morgan fingerprint density at radius 2 is 1.74 bits per heavy atom. The fraction of sp³-hybridized carbons (Fsp3) is 0.200. The van der Waals surface area contributed by atoms with Gasteiger partial charge in [0.05, 0.1) is 17.2 Å². The molecule has 5 rings (SSSR count). The first-order valence-corrected chi connectivity index (χ1v) is 14.1. The van der Waals surface area contributed by atoms with E-state index >= 15 is 0 Å². The Balaban J connectivity index is 0.00000129. The molecular formula is C35H34N4O3. The Labute approximate surface area is 246 Å². The van der Waals surface area contributed by atoms with Gasteiger partial charge in [-0.15, -0.1) is 0 Å². The van der Waals surface area contributed by atoms with Crippen LogP contribution in [0.25, 0.3) is 18.2 Å². The number of fused-ring (bicyclic) bond motifs is 2. The van der Waals surface area contributed by atoms with Gasteiger partial charge in [-0.2, -0.15) is 5.26 Å². The number of anilines is 3. The van der Waals surface area contributed by atoms with E-state index in [2.05, 4.69) is 36.2 Å². The predicted molar refractivity (Wildman–Crippen MR) is 170 cm³/mol. The van der Waals surface area contributed by atoms with Gasteiger partial charge in [-0.05, 0) is 96.1 Å². The van der Waals surface area contributed by atoms with Crippen molar-refractivity contribution < 1.29 is 14.7 Å². The maximum absolute atomic E-state index is 13.2. The third-order valence-electron chi connectivity index (χ3n) is 6.78. The van der Waals surface area contributed by atoms with Crippen LogP contribution in [0, 0.1) is 16.7 Å². The Kier molecular flexibility index (Phi) is 9.85. The van der Waals surface area contributed by atoms with Crippen LogP contribution < -0.4 is 10.2 Å². The molecule has 0 saturated heterocycles. The van der Waals surface area contributed by atoms with Gasteiger partial charge in [0.25, 0.3) is 5.91 Å². The first kappa shape index (κ1) is 29.8. The van der Waals surface area contributed by atoms with E-state index in [0.29, 0.717) is 16.8 Å². The van der Waals surface area contributed by atoms with Crippen LogP contribution >= 0.6 is 0 Å². The summed E-state index contributed by atoms with van der Waals surface area (Å²) >= 11 is 0. The molecule has 42 heavy (non-hydrogen) atoms. The molecule has 212 valence electrons. The van der Waals surface area contributed by atoms with Crippen LogP contribution in [0.3, 0.4) is 0 Å². The molecule has 1 heterocycles. The van der Waals surface area contributed by atoms with Crippen LogP contribution in [0.4, 0.5) is 17.1 Å². The standard InChI is InChI=1S/C32H26N4O3.C3H8/c33-20-21-8-13-27(14-9-21)36-16-4-7-25-17-22(10-15-29(25)36)18-28(30(34)32(38)39)31(37)35-26-12-11-23-5-2-1-3-6-24(23)19-26;1-3-2/h2-3,5-6,8-15,17-19,34H,1,4,7,16H2,(H,35,37)(H,38,39);3H2,1-2H3/b28-18-,34-30?;. The fourth-order valence-corrected chi connectivity index (χ4v) is 4.84. The molecule has 0 saturated carbocycles. The van der Waals surface area contributed by atoms with E-state index in [9.17, 15) is 14.7 Å². The average molecular weight is 559 g/mol. The number of carboxylic acids is 1. The number of nitriles is 1. The zero-order valence-electron chi connectivity index (χ0n) is 23.9. The average Bonchev–Trinajstić information content (AvgIpc) is 3.24. The number of aryl methyl sites for hydroxylation is 1. The summed E-state index contributed by atoms with van der Waals surface area (Å²) in [6.07, 6.45) is 13.4.